The third kappa shape index (κ3) is 11.4. The molecule has 22 heteroatoms. The predicted molar refractivity (Wildman–Crippen MR) is 275 cm³/mol. The second-order valence-corrected chi connectivity index (χ2v) is 20.2. The number of cyclic esters (lactones) is 1. The highest BCUT2D eigenvalue weighted by atomic mass is 19.1. The fourth-order valence-electron chi connectivity index (χ4n) is 10.5. The zero-order chi connectivity index (χ0) is 55.5. The van der Waals surface area contributed by atoms with Crippen molar-refractivity contribution in [1.29, 1.82) is 0 Å². The first-order chi connectivity index (χ1) is 36.7. The summed E-state index contributed by atoms with van der Waals surface area (Å²) >= 11 is 0. The number of aryl methyl sites for hydroxylation is 1. The van der Waals surface area contributed by atoms with Crippen molar-refractivity contribution in [3.8, 4) is 11.4 Å². The Morgan fingerprint density at radius 2 is 1.55 bits per heavy atom. The summed E-state index contributed by atoms with van der Waals surface area (Å²) in [7, 11) is 1.61. The maximum Gasteiger partial charge on any atom is 0.343 e. The van der Waals surface area contributed by atoms with Gasteiger partial charge in [-0.05, 0) is 73.3 Å². The van der Waals surface area contributed by atoms with Gasteiger partial charge >= 0.3 is 5.97 Å². The molecule has 8 amide bonds. The molecule has 6 N–H and O–H groups in total. The average molecular weight is 1060 g/mol. The number of fused-ring (bicyclic) bond motifs is 5. The van der Waals surface area contributed by atoms with E-state index in [9.17, 15) is 53.1 Å². The van der Waals surface area contributed by atoms with Gasteiger partial charge in [-0.2, -0.15) is 0 Å². The summed E-state index contributed by atoms with van der Waals surface area (Å²) in [5.74, 6) is -6.23. The molecular weight excluding hydrogens is 998 g/mol. The number of carbonyl (C=O) groups excluding carboxylic acids is 9. The smallest absolute Gasteiger partial charge is 0.343 e. The number of nitrogens with zero attached hydrogens (tertiary/aromatic N) is 4. The van der Waals surface area contributed by atoms with E-state index in [0.29, 0.717) is 76.6 Å². The molecule has 0 saturated heterocycles. The van der Waals surface area contributed by atoms with Crippen LogP contribution in [-0.2, 0) is 79.5 Å². The monoisotopic (exact) mass is 1060 g/mol. The van der Waals surface area contributed by atoms with Crippen LogP contribution in [0.3, 0.4) is 0 Å². The fraction of sp³-hybridized carbons (Fsp3) is 0.436. The minimum absolute atomic E-state index is 0.0171. The molecule has 4 atom stereocenters. The summed E-state index contributed by atoms with van der Waals surface area (Å²) in [6.45, 7) is 5.21. The summed E-state index contributed by atoms with van der Waals surface area (Å²) in [6, 6.07) is 8.73. The quantitative estimate of drug-likeness (QED) is 0.0347. The lowest BCUT2D eigenvalue weighted by Gasteiger charge is -2.37. The number of ether oxygens (including phenoxy) is 1. The van der Waals surface area contributed by atoms with E-state index in [1.165, 1.54) is 27.7 Å². The fourth-order valence-corrected chi connectivity index (χ4v) is 10.5. The molecule has 0 unspecified atom stereocenters. The third-order valence-electron chi connectivity index (χ3n) is 14.8. The number of hydrogen-bond donors (Lipinski definition) is 6. The SMILES string of the molecule is CC[C@@]1(O)C(=O)OCc2c1cc1n(c2=O)Cc2c-1nc1cc(F)c(C)c3c1c2[C@@H](N(C)C(=O)[C@@H](NC(=O)CNC(=O)[C@H](Cc1ccccc1)NC(=O)CNC(=O)CNC(=O)CCCCCN1C(=O)C=CC1=O)C(C)C)CC3. The number of aliphatic hydroxyl groups is 1. The van der Waals surface area contributed by atoms with E-state index in [4.69, 9.17) is 9.72 Å². The van der Waals surface area contributed by atoms with E-state index >= 15 is 4.39 Å². The largest absolute Gasteiger partial charge is 0.458 e. The maximum absolute atomic E-state index is 15.6. The van der Waals surface area contributed by atoms with Crippen LogP contribution in [0.4, 0.5) is 4.39 Å². The van der Waals surface area contributed by atoms with Crippen molar-refractivity contribution in [2.24, 2.45) is 5.92 Å². The van der Waals surface area contributed by atoms with E-state index in [0.717, 1.165) is 10.5 Å². The molecule has 2 aromatic heterocycles. The Balaban J connectivity index is 0.901. The standard InChI is InChI=1S/C55H62FN9O12/c1-6-55(76)35-22-40-50-33(27-65(40)52(73)34(35)28-77-54(55)75)48-39(17-16-32-30(4)36(56)23-37(61-50)47(32)48)63(5)53(74)49(29(2)3)62-44(69)26-59-51(72)38(21-31-13-9-7-10-14-31)60-43(68)25-58-42(67)24-57-41(66)15-11-8-12-20-64-45(70)18-19-46(64)71/h7,9-10,13-14,18-19,22-23,29,38-39,49,76H,6,8,11-12,15-17,20-21,24-28H2,1-5H3,(H,57,66)(H,58,67)(H,59,72)(H,60,68)(H,62,69)/t38-,39-,49-,55-/m0/s1. The van der Waals surface area contributed by atoms with Crippen molar-refractivity contribution < 1.29 is 57.4 Å². The summed E-state index contributed by atoms with van der Waals surface area (Å²) in [4.78, 5) is 138. The van der Waals surface area contributed by atoms with Gasteiger partial charge in [-0.15, -0.1) is 0 Å². The van der Waals surface area contributed by atoms with Gasteiger partial charge < -0.3 is 45.9 Å². The van der Waals surface area contributed by atoms with E-state index < -0.39 is 102 Å². The van der Waals surface area contributed by atoms with Gasteiger partial charge in [-0.25, -0.2) is 14.2 Å². The minimum atomic E-state index is -2.07. The summed E-state index contributed by atoms with van der Waals surface area (Å²) in [5.41, 5.74) is 1.77. The van der Waals surface area contributed by atoms with Gasteiger partial charge in [0, 0.05) is 61.2 Å². The predicted octanol–water partition coefficient (Wildman–Crippen LogP) is 1.68. The number of nitrogens with one attached hydrogen (secondary N) is 5. The third-order valence-corrected chi connectivity index (χ3v) is 14.8. The van der Waals surface area contributed by atoms with Crippen LogP contribution < -0.4 is 32.1 Å². The van der Waals surface area contributed by atoms with Crippen LogP contribution >= 0.6 is 0 Å². The number of aromatic nitrogens is 2. The molecule has 0 spiro atoms. The maximum atomic E-state index is 15.6. The van der Waals surface area contributed by atoms with E-state index in [-0.39, 0.29) is 61.9 Å². The Hall–Kier alpha value is -8.14. The minimum Gasteiger partial charge on any atom is -0.458 e. The first kappa shape index (κ1) is 55.1. The van der Waals surface area contributed by atoms with Gasteiger partial charge in [0.2, 0.25) is 35.4 Å². The number of hydrogen-bond acceptors (Lipinski definition) is 13. The van der Waals surface area contributed by atoms with Crippen LogP contribution in [0.25, 0.3) is 22.3 Å². The van der Waals surface area contributed by atoms with Crippen LogP contribution in [0.15, 0.2) is 59.4 Å². The molecule has 0 radical (unpaired) electrons. The van der Waals surface area contributed by atoms with Crippen LogP contribution in [0, 0.1) is 18.7 Å². The van der Waals surface area contributed by atoms with E-state index in [1.807, 2.05) is 0 Å². The Labute approximate surface area is 442 Å². The molecule has 77 heavy (non-hydrogen) atoms. The molecule has 2 aromatic carbocycles. The summed E-state index contributed by atoms with van der Waals surface area (Å²) in [5, 5.41) is 25.0. The van der Waals surface area contributed by atoms with E-state index in [1.54, 1.807) is 71.1 Å². The lowest BCUT2D eigenvalue weighted by Crippen LogP contribution is -2.55. The van der Waals surface area contributed by atoms with Crippen molar-refractivity contribution >= 4 is 64.1 Å². The van der Waals surface area contributed by atoms with Crippen molar-refractivity contribution in [1.82, 2.24) is 45.9 Å². The number of pyridine rings is 2. The number of imide groups is 1. The Bertz CT molecular complexity index is 3180. The van der Waals surface area contributed by atoms with Gasteiger partial charge in [0.25, 0.3) is 17.4 Å². The molecule has 4 aliphatic rings. The van der Waals surface area contributed by atoms with E-state index in [2.05, 4.69) is 26.6 Å². The molecular formula is C55H62FN9O12. The molecule has 4 aromatic rings. The second-order valence-electron chi connectivity index (χ2n) is 20.2. The first-order valence-electron chi connectivity index (χ1n) is 25.8. The average Bonchev–Trinajstić information content (AvgIpc) is 4.22. The van der Waals surface area contributed by atoms with Crippen LogP contribution in [0.2, 0.25) is 0 Å². The molecule has 406 valence electrons. The molecule has 0 saturated carbocycles. The normalized spacial score (nSPS) is 17.7. The zero-order valence-corrected chi connectivity index (χ0v) is 43.5. The number of halogens is 1. The second kappa shape index (κ2) is 23.0. The molecule has 0 bridgehead atoms. The molecule has 5 heterocycles. The van der Waals surface area contributed by atoms with Gasteiger partial charge in [-0.1, -0.05) is 57.5 Å². The van der Waals surface area contributed by atoms with Crippen molar-refractivity contribution in [2.45, 2.75) is 116 Å². The summed E-state index contributed by atoms with van der Waals surface area (Å²) in [6.07, 6.45) is 4.74. The number of amides is 8. The van der Waals surface area contributed by atoms with Gasteiger partial charge in [0.05, 0.1) is 54.7 Å². The zero-order valence-electron chi connectivity index (χ0n) is 43.5. The van der Waals surface area contributed by atoms with Crippen molar-refractivity contribution in [3.63, 3.8) is 0 Å². The first-order valence-corrected chi connectivity index (χ1v) is 25.8. The number of unbranched alkanes of at least 4 members (excludes halogenated alkanes) is 2. The molecule has 8 rings (SSSR count). The highest BCUT2D eigenvalue weighted by Crippen LogP contribution is 2.47. The Morgan fingerprint density at radius 1 is 0.870 bits per heavy atom. The van der Waals surface area contributed by atoms with Gasteiger partial charge in [0.1, 0.15) is 24.5 Å². The van der Waals surface area contributed by atoms with Crippen LogP contribution in [-0.4, -0.2) is 123 Å². The number of likely N-dealkylation sites (N-methyl/N-ethyl adjacent to an activating group) is 1. The molecule has 21 nitrogen and oxygen atoms in total. The van der Waals surface area contributed by atoms with Crippen molar-refractivity contribution in [3.05, 3.63) is 110 Å². The number of esters is 1. The number of carbonyl (C=O) groups is 9. The highest BCUT2D eigenvalue weighted by molar-refractivity contribution is 6.12. The van der Waals surface area contributed by atoms with Crippen LogP contribution in [0.5, 0.6) is 0 Å². The van der Waals surface area contributed by atoms with Crippen molar-refractivity contribution in [2.75, 3.05) is 33.2 Å². The number of benzene rings is 2. The number of rotatable bonds is 21. The molecule has 3 aliphatic heterocycles. The van der Waals surface area contributed by atoms with Gasteiger partial charge in [0.15, 0.2) is 5.60 Å². The lowest BCUT2D eigenvalue weighted by molar-refractivity contribution is -0.172. The summed E-state index contributed by atoms with van der Waals surface area (Å²) < 4.78 is 22.3. The van der Waals surface area contributed by atoms with Gasteiger partial charge in [-0.3, -0.25) is 48.1 Å². The lowest BCUT2D eigenvalue weighted by atomic mass is 9.81. The topological polar surface area (TPSA) is 285 Å². The molecule has 1 aliphatic carbocycles. The van der Waals surface area contributed by atoms with Crippen LogP contribution in [0.1, 0.15) is 104 Å². The molecule has 0 fully saturated rings. The Kier molecular flexibility index (Phi) is 16.5. The Morgan fingerprint density at radius 3 is 2.25 bits per heavy atom. The highest BCUT2D eigenvalue weighted by Gasteiger charge is 2.46.